The van der Waals surface area contributed by atoms with Crippen LogP contribution in [0.3, 0.4) is 0 Å². The lowest BCUT2D eigenvalue weighted by molar-refractivity contribution is -0.140. The van der Waals surface area contributed by atoms with E-state index in [1.165, 1.54) is 0 Å². The third kappa shape index (κ3) is 4.25. The Morgan fingerprint density at radius 2 is 2.05 bits per heavy atom. The predicted octanol–water partition coefficient (Wildman–Crippen LogP) is 0.195. The first-order chi connectivity index (χ1) is 9.13. The number of carbonyl (C=O) groups is 2. The first-order valence-corrected chi connectivity index (χ1v) is 7.39. The lowest BCUT2D eigenvalue weighted by Gasteiger charge is -2.13. The predicted molar refractivity (Wildman–Crippen MR) is 69.7 cm³/mol. The molecule has 20 heavy (non-hydrogen) atoms. The van der Waals surface area contributed by atoms with Crippen molar-refractivity contribution in [3.8, 4) is 0 Å². The van der Waals surface area contributed by atoms with Crippen molar-refractivity contribution in [3.63, 3.8) is 0 Å². The molecule has 0 bridgehead atoms. The van der Waals surface area contributed by atoms with Gasteiger partial charge in [0.05, 0.1) is 15.8 Å². The topological polar surface area (TPSA) is 127 Å². The average molecular weight is 369 g/mol. The summed E-state index contributed by atoms with van der Waals surface area (Å²) in [6, 6.07) is 1.24. The number of carbonyl (C=O) groups excluding carboxylic acids is 1. The van der Waals surface area contributed by atoms with E-state index in [1.807, 2.05) is 0 Å². The van der Waals surface area contributed by atoms with Gasteiger partial charge in [0.2, 0.25) is 15.9 Å². The Balaban J connectivity index is 3.06. The van der Waals surface area contributed by atoms with Crippen molar-refractivity contribution in [3.05, 3.63) is 28.5 Å². The fourth-order valence-corrected chi connectivity index (χ4v) is 2.73. The Hall–Kier alpha value is -1.52. The summed E-state index contributed by atoms with van der Waals surface area (Å²) >= 11 is 2.86. The van der Waals surface area contributed by atoms with Crippen LogP contribution in [0.25, 0.3) is 0 Å². The van der Waals surface area contributed by atoms with Crippen molar-refractivity contribution in [1.82, 2.24) is 4.72 Å². The zero-order valence-corrected chi connectivity index (χ0v) is 12.2. The Morgan fingerprint density at radius 1 is 1.45 bits per heavy atom. The maximum Gasteiger partial charge on any atom is 0.322 e. The van der Waals surface area contributed by atoms with Crippen LogP contribution in [0, 0.1) is 5.82 Å². The molecule has 1 rings (SSSR count). The van der Waals surface area contributed by atoms with Crippen molar-refractivity contribution in [2.45, 2.75) is 17.4 Å². The third-order valence-corrected chi connectivity index (χ3v) is 4.31. The van der Waals surface area contributed by atoms with Crippen molar-refractivity contribution in [2.24, 2.45) is 5.73 Å². The molecule has 0 aliphatic heterocycles. The van der Waals surface area contributed by atoms with E-state index in [0.717, 1.165) is 18.2 Å². The summed E-state index contributed by atoms with van der Waals surface area (Å²) in [5.74, 6) is -3.37. The van der Waals surface area contributed by atoms with Gasteiger partial charge in [-0.3, -0.25) is 9.59 Å². The zero-order chi connectivity index (χ0) is 15.5. The Kier molecular flexibility index (Phi) is 5.20. The van der Waals surface area contributed by atoms with Gasteiger partial charge >= 0.3 is 5.97 Å². The first kappa shape index (κ1) is 16.5. The van der Waals surface area contributed by atoms with E-state index >= 15 is 0 Å². The van der Waals surface area contributed by atoms with Crippen LogP contribution in [0.5, 0.6) is 0 Å². The molecular formula is C10H10BrFN2O5S. The number of primary amides is 1. The van der Waals surface area contributed by atoms with Crippen LogP contribution in [0.1, 0.15) is 6.42 Å². The lowest BCUT2D eigenvalue weighted by Crippen LogP contribution is -2.43. The smallest absolute Gasteiger partial charge is 0.322 e. The van der Waals surface area contributed by atoms with Gasteiger partial charge < -0.3 is 10.8 Å². The molecule has 110 valence electrons. The van der Waals surface area contributed by atoms with Crippen molar-refractivity contribution < 1.29 is 27.5 Å². The first-order valence-electron chi connectivity index (χ1n) is 5.12. The van der Waals surface area contributed by atoms with Crippen molar-refractivity contribution in [1.29, 1.82) is 0 Å². The normalized spacial score (nSPS) is 12.9. The molecule has 1 aromatic carbocycles. The maximum absolute atomic E-state index is 13.3. The molecule has 0 radical (unpaired) electrons. The number of amides is 1. The van der Waals surface area contributed by atoms with Crippen LogP contribution in [0.2, 0.25) is 0 Å². The summed E-state index contributed by atoms with van der Waals surface area (Å²) in [5, 5.41) is 8.81. The molecule has 1 amide bonds. The van der Waals surface area contributed by atoms with Gasteiger partial charge in [-0.1, -0.05) is 0 Å². The van der Waals surface area contributed by atoms with E-state index in [0.29, 0.717) is 0 Å². The van der Waals surface area contributed by atoms with Crippen LogP contribution in [-0.4, -0.2) is 31.4 Å². The third-order valence-electron chi connectivity index (χ3n) is 2.20. The van der Waals surface area contributed by atoms with Gasteiger partial charge in [-0.2, -0.15) is 4.72 Å². The molecular weight excluding hydrogens is 359 g/mol. The molecule has 10 heteroatoms. The number of aliphatic carboxylic acids is 1. The molecule has 0 fully saturated rings. The molecule has 0 saturated carbocycles. The van der Waals surface area contributed by atoms with E-state index in [-0.39, 0.29) is 4.47 Å². The second kappa shape index (κ2) is 6.29. The van der Waals surface area contributed by atoms with Crippen molar-refractivity contribution in [2.75, 3.05) is 0 Å². The van der Waals surface area contributed by atoms with E-state index in [9.17, 15) is 22.4 Å². The number of nitrogens with one attached hydrogen (secondary N) is 1. The molecule has 0 spiro atoms. The summed E-state index contributed by atoms with van der Waals surface area (Å²) < 4.78 is 38.9. The zero-order valence-electron chi connectivity index (χ0n) is 9.84. The Morgan fingerprint density at radius 3 is 2.50 bits per heavy atom. The van der Waals surface area contributed by atoms with Crippen LogP contribution in [-0.2, 0) is 19.6 Å². The highest BCUT2D eigenvalue weighted by Gasteiger charge is 2.27. The quantitative estimate of drug-likeness (QED) is 0.660. The van der Waals surface area contributed by atoms with E-state index < -0.39 is 45.1 Å². The standard InChI is InChI=1S/C10H10BrFN2O5S/c11-6-2-1-5(3-7(6)12)20(18,19)14-8(10(16)17)4-9(13)15/h1-3,8,14H,4H2,(H2,13,15)(H,16,17)/t8-/m0/s1. The number of hydrogen-bond acceptors (Lipinski definition) is 4. The minimum Gasteiger partial charge on any atom is -0.480 e. The van der Waals surface area contributed by atoms with E-state index in [4.69, 9.17) is 10.8 Å². The highest BCUT2D eigenvalue weighted by Crippen LogP contribution is 2.19. The minimum absolute atomic E-state index is 0.0587. The molecule has 0 saturated heterocycles. The van der Waals surface area contributed by atoms with E-state index in [2.05, 4.69) is 15.9 Å². The molecule has 4 N–H and O–H groups in total. The SMILES string of the molecule is NC(=O)C[C@H](NS(=O)(=O)c1ccc(Br)c(F)c1)C(=O)O. The molecule has 1 atom stereocenters. The van der Waals surface area contributed by atoms with Crippen LogP contribution in [0.15, 0.2) is 27.6 Å². The van der Waals surface area contributed by atoms with Crippen molar-refractivity contribution >= 4 is 37.8 Å². The second-order valence-electron chi connectivity index (χ2n) is 3.76. The second-order valence-corrected chi connectivity index (χ2v) is 6.33. The lowest BCUT2D eigenvalue weighted by atomic mass is 10.2. The van der Waals surface area contributed by atoms with Gasteiger partial charge in [-0.25, -0.2) is 12.8 Å². The molecule has 0 aliphatic rings. The van der Waals surface area contributed by atoms with E-state index in [1.54, 1.807) is 4.72 Å². The number of carboxylic acids is 1. The maximum atomic E-state index is 13.3. The average Bonchev–Trinajstić information content (AvgIpc) is 2.30. The van der Waals surface area contributed by atoms with Crippen LogP contribution >= 0.6 is 15.9 Å². The number of nitrogens with two attached hydrogens (primary N) is 1. The molecule has 0 unspecified atom stereocenters. The van der Waals surface area contributed by atoms with Gasteiger partial charge in [0, 0.05) is 0 Å². The monoisotopic (exact) mass is 368 g/mol. The van der Waals surface area contributed by atoms with Gasteiger partial charge in [-0.15, -0.1) is 0 Å². The molecule has 0 aromatic heterocycles. The highest BCUT2D eigenvalue weighted by molar-refractivity contribution is 9.10. The molecule has 0 aliphatic carbocycles. The Bertz CT molecular complexity index is 649. The van der Waals surface area contributed by atoms with Gasteiger partial charge in [0.1, 0.15) is 11.9 Å². The summed E-state index contributed by atoms with van der Waals surface area (Å²) in [4.78, 5) is 21.1. The number of carboxylic acid groups (broad SMARTS) is 1. The van der Waals surface area contributed by atoms with Crippen LogP contribution in [0.4, 0.5) is 4.39 Å². The summed E-state index contributed by atoms with van der Waals surface area (Å²) in [7, 11) is -4.29. The summed E-state index contributed by atoms with van der Waals surface area (Å²) in [6.07, 6.45) is -0.715. The highest BCUT2D eigenvalue weighted by atomic mass is 79.9. The molecule has 0 heterocycles. The minimum atomic E-state index is -4.29. The number of benzene rings is 1. The number of hydrogen-bond donors (Lipinski definition) is 3. The molecule has 7 nitrogen and oxygen atoms in total. The van der Waals surface area contributed by atoms with Gasteiger partial charge in [0.25, 0.3) is 0 Å². The summed E-state index contributed by atoms with van der Waals surface area (Å²) in [5.41, 5.74) is 4.83. The fraction of sp³-hybridized carbons (Fsp3) is 0.200. The molecule has 1 aromatic rings. The number of sulfonamides is 1. The van der Waals surface area contributed by atoms with Gasteiger partial charge in [0.15, 0.2) is 0 Å². The van der Waals surface area contributed by atoms with Gasteiger partial charge in [-0.05, 0) is 34.1 Å². The fourth-order valence-electron chi connectivity index (χ4n) is 1.28. The van der Waals surface area contributed by atoms with Crippen LogP contribution < -0.4 is 10.5 Å². The number of rotatable bonds is 6. The number of halogens is 2. The largest absolute Gasteiger partial charge is 0.480 e. The summed E-state index contributed by atoms with van der Waals surface area (Å²) in [6.45, 7) is 0. The Labute approximate surface area is 122 Å².